The summed E-state index contributed by atoms with van der Waals surface area (Å²) in [7, 11) is 0. The van der Waals surface area contributed by atoms with Crippen LogP contribution in [0.15, 0.2) is 79.8 Å². The number of rotatable bonds is 53. The number of allylic oxidation sites excluding steroid dienone is 1. The van der Waals surface area contributed by atoms with Crippen LogP contribution in [0.5, 0.6) is 11.5 Å². The molecule has 8 heteroatoms. The van der Waals surface area contributed by atoms with Crippen molar-refractivity contribution in [1.82, 2.24) is 0 Å². The molecule has 0 amide bonds. The van der Waals surface area contributed by atoms with E-state index in [1.165, 1.54) is 262 Å². The van der Waals surface area contributed by atoms with Gasteiger partial charge in [-0.1, -0.05) is 266 Å². The molecule has 5 aromatic rings. The van der Waals surface area contributed by atoms with Gasteiger partial charge >= 0.3 is 0 Å². The monoisotopic (exact) mass is 1310 g/mol. The Morgan fingerprint density at radius 2 is 0.702 bits per heavy atom. The Balaban J connectivity index is 1.53. The van der Waals surface area contributed by atoms with E-state index in [0.29, 0.717) is 26.4 Å². The first kappa shape index (κ1) is 72.0. The van der Waals surface area contributed by atoms with Crippen molar-refractivity contribution in [2.75, 3.05) is 26.4 Å². The number of halogens is 2. The van der Waals surface area contributed by atoms with Gasteiger partial charge < -0.3 is 18.9 Å². The molecule has 5 rings (SSSR count). The average molecular weight is 1320 g/mol. The van der Waals surface area contributed by atoms with Crippen molar-refractivity contribution in [3.63, 3.8) is 0 Å². The fourth-order valence-corrected chi connectivity index (χ4v) is 14.5. The second-order valence-corrected chi connectivity index (χ2v) is 29.2. The van der Waals surface area contributed by atoms with Gasteiger partial charge in [0.1, 0.15) is 11.5 Å². The minimum Gasteiger partial charge on any atom is -0.493 e. The van der Waals surface area contributed by atoms with E-state index in [2.05, 4.69) is 133 Å². The van der Waals surface area contributed by atoms with Crippen LogP contribution in [-0.2, 0) is 9.47 Å². The number of hydrogen-bond donors (Lipinski definition) is 0. The summed E-state index contributed by atoms with van der Waals surface area (Å²) >= 11 is 11.2. The van der Waals surface area contributed by atoms with Crippen LogP contribution in [0.25, 0.3) is 48.5 Å². The molecule has 2 heterocycles. The first-order valence-electron chi connectivity index (χ1n) is 34.9. The van der Waals surface area contributed by atoms with Crippen LogP contribution in [-0.4, -0.2) is 26.4 Å². The maximum atomic E-state index is 7.04. The third-order valence-electron chi connectivity index (χ3n) is 16.8. The summed E-state index contributed by atoms with van der Waals surface area (Å²) in [5.74, 6) is 3.59. The first-order chi connectivity index (χ1) is 41.4. The van der Waals surface area contributed by atoms with Crippen LogP contribution in [0.4, 0.5) is 0 Å². The Labute approximate surface area is 539 Å². The molecule has 0 radical (unpaired) electrons. The minimum atomic E-state index is 0.666. The standard InChI is InChI=1S/C76H116Br2O4S2/c1-6-11-15-19-23-27-31-35-39-43-52-79-69(47-10-5)72(82-55-46-42-38-34-30-26-22-18-14-9-4)58-63-56-62-57-67(73-48-50-75(77)83-73)70(80-53-44-40-36-32-28-24-20-16-12-7-2)60-65(62)66-61-71(68(59-64(63)66)74-49-51-76(78)84-74)81-54-45-41-37-33-29-25-21-17-13-8-3/h47-51,56-61H,6-46,52-55H2,1-5H3/b69-47+,72-58+. The molecule has 84 heavy (non-hydrogen) atoms. The third kappa shape index (κ3) is 28.6. The van der Waals surface area contributed by atoms with Gasteiger partial charge in [0, 0.05) is 20.9 Å². The van der Waals surface area contributed by atoms with Crippen molar-refractivity contribution in [1.29, 1.82) is 0 Å². The molecule has 470 valence electrons. The highest BCUT2D eigenvalue weighted by Gasteiger charge is 2.20. The smallest absolute Gasteiger partial charge is 0.161 e. The molecular weight excluding hydrogens is 1200 g/mol. The van der Waals surface area contributed by atoms with E-state index in [9.17, 15) is 0 Å². The molecule has 0 atom stereocenters. The average Bonchev–Trinajstić information content (AvgIpc) is 2.20. The molecule has 0 aliphatic rings. The quantitative estimate of drug-likeness (QED) is 0.0168. The Morgan fingerprint density at radius 3 is 1.07 bits per heavy atom. The number of hydrogen-bond acceptors (Lipinski definition) is 6. The SMILES string of the molecule is CC/C=C(OCCCCCCCCCCCC)\C(=C/c1cc2cc(-c3ccc(Br)s3)c(OCCCCCCCCCCCC)cc2c2cc(OCCCCCCCCCCCC)c(-c3ccc(Br)s3)cc12)OCCCCCCCCCCCC. The topological polar surface area (TPSA) is 36.9 Å². The third-order valence-corrected chi connectivity index (χ3v) is 20.1. The fraction of sp³-hybridized carbons (Fsp3) is 0.658. The lowest BCUT2D eigenvalue weighted by Crippen LogP contribution is -2.04. The Bertz CT molecular complexity index is 2540. The molecule has 2 aromatic heterocycles. The molecule has 0 fully saturated rings. The lowest BCUT2D eigenvalue weighted by molar-refractivity contribution is 0.147. The summed E-state index contributed by atoms with van der Waals surface area (Å²) < 4.78 is 30.1. The predicted molar refractivity (Wildman–Crippen MR) is 380 cm³/mol. The van der Waals surface area contributed by atoms with Gasteiger partial charge in [0.2, 0.25) is 0 Å². The largest absolute Gasteiger partial charge is 0.493 e. The van der Waals surface area contributed by atoms with Crippen LogP contribution in [0.2, 0.25) is 0 Å². The van der Waals surface area contributed by atoms with Gasteiger partial charge in [-0.15, -0.1) is 22.7 Å². The molecule has 4 nitrogen and oxygen atoms in total. The number of benzene rings is 3. The maximum absolute atomic E-state index is 7.04. The normalized spacial score (nSPS) is 12.1. The van der Waals surface area contributed by atoms with Crippen LogP contribution < -0.4 is 9.47 Å². The molecule has 0 bridgehead atoms. The van der Waals surface area contributed by atoms with Gasteiger partial charge in [-0.2, -0.15) is 0 Å². The fourth-order valence-electron chi connectivity index (χ4n) is 11.7. The molecule has 0 spiro atoms. The van der Waals surface area contributed by atoms with Crippen molar-refractivity contribution in [3.05, 3.63) is 85.3 Å². The zero-order chi connectivity index (χ0) is 59.5. The van der Waals surface area contributed by atoms with Crippen LogP contribution in [0.1, 0.15) is 303 Å². The lowest BCUT2D eigenvalue weighted by atomic mass is 9.92. The van der Waals surface area contributed by atoms with Crippen molar-refractivity contribution < 1.29 is 18.9 Å². The van der Waals surface area contributed by atoms with Crippen molar-refractivity contribution >= 4 is 82.2 Å². The first-order valence-corrected chi connectivity index (χ1v) is 38.2. The predicted octanol–water partition coefficient (Wildman–Crippen LogP) is 28.1. The van der Waals surface area contributed by atoms with Crippen LogP contribution in [0.3, 0.4) is 0 Å². The highest BCUT2D eigenvalue weighted by molar-refractivity contribution is 9.11. The van der Waals surface area contributed by atoms with Gasteiger partial charge in [0.05, 0.1) is 34.0 Å². The Hall–Kier alpha value is -2.78. The Morgan fingerprint density at radius 1 is 0.357 bits per heavy atom. The molecule has 0 saturated heterocycles. The molecule has 0 aliphatic carbocycles. The van der Waals surface area contributed by atoms with Gasteiger partial charge in [0.15, 0.2) is 11.5 Å². The van der Waals surface area contributed by atoms with Gasteiger partial charge in [-0.05, 0) is 158 Å². The summed E-state index contributed by atoms with van der Waals surface area (Å²) in [4.78, 5) is 2.40. The van der Waals surface area contributed by atoms with Crippen LogP contribution >= 0.6 is 54.5 Å². The molecule has 0 unspecified atom stereocenters. The summed E-state index contributed by atoms with van der Waals surface area (Å²) in [6, 6.07) is 20.7. The van der Waals surface area contributed by atoms with Crippen molar-refractivity contribution in [3.8, 4) is 32.4 Å². The maximum Gasteiger partial charge on any atom is 0.161 e. The zero-order valence-corrected chi connectivity index (χ0v) is 58.7. The summed E-state index contributed by atoms with van der Waals surface area (Å²) in [6.07, 6.45) is 57.4. The highest BCUT2D eigenvalue weighted by Crippen LogP contribution is 2.46. The highest BCUT2D eigenvalue weighted by atomic mass is 79.9. The van der Waals surface area contributed by atoms with Gasteiger partial charge in [-0.25, -0.2) is 0 Å². The van der Waals surface area contributed by atoms with E-state index in [-0.39, 0.29) is 0 Å². The van der Waals surface area contributed by atoms with Gasteiger partial charge in [0.25, 0.3) is 0 Å². The van der Waals surface area contributed by atoms with Crippen molar-refractivity contribution in [2.45, 2.75) is 298 Å². The summed E-state index contributed by atoms with van der Waals surface area (Å²) in [6.45, 7) is 14.2. The van der Waals surface area contributed by atoms with E-state index in [1.807, 2.05) is 0 Å². The van der Waals surface area contributed by atoms with E-state index in [4.69, 9.17) is 18.9 Å². The van der Waals surface area contributed by atoms with Crippen molar-refractivity contribution in [2.24, 2.45) is 0 Å². The molecule has 3 aromatic carbocycles. The molecule has 0 N–H and O–H groups in total. The number of thiophene rings is 2. The molecular formula is C76H116Br2O4S2. The number of ether oxygens (including phenoxy) is 4. The Kier molecular flexibility index (Phi) is 39.7. The minimum absolute atomic E-state index is 0.666. The molecule has 0 aliphatic heterocycles. The van der Waals surface area contributed by atoms with E-state index in [1.54, 1.807) is 22.7 Å². The lowest BCUT2D eigenvalue weighted by Gasteiger charge is -2.19. The molecule has 0 saturated carbocycles. The summed E-state index contributed by atoms with van der Waals surface area (Å²) in [5, 5.41) is 4.69. The van der Waals surface area contributed by atoms with E-state index in [0.717, 1.165) is 79.4 Å². The number of unbranched alkanes of at least 4 members (excludes halogenated alkanes) is 36. The number of fused-ring (bicyclic) bond motifs is 3. The van der Waals surface area contributed by atoms with E-state index < -0.39 is 0 Å². The van der Waals surface area contributed by atoms with Crippen LogP contribution in [0, 0.1) is 0 Å². The second-order valence-electron chi connectivity index (χ2n) is 24.2. The zero-order valence-electron chi connectivity index (χ0n) is 53.9. The van der Waals surface area contributed by atoms with Gasteiger partial charge in [-0.3, -0.25) is 0 Å². The summed E-state index contributed by atoms with van der Waals surface area (Å²) in [5.41, 5.74) is 3.39. The van der Waals surface area contributed by atoms with E-state index >= 15 is 0 Å². The second kappa shape index (κ2) is 46.4.